The lowest BCUT2D eigenvalue weighted by Crippen LogP contribution is -2.35. The van der Waals surface area contributed by atoms with Crippen LogP contribution in [0, 0.1) is 5.82 Å². The number of benzene rings is 1. The Morgan fingerprint density at radius 2 is 1.79 bits per heavy atom. The Bertz CT molecular complexity index is 375. The molecule has 19 heavy (non-hydrogen) atoms. The van der Waals surface area contributed by atoms with Gasteiger partial charge >= 0.3 is 6.18 Å². The molecule has 0 amide bonds. The molecule has 2 nitrogen and oxygen atoms in total. The fraction of sp³-hybridized carbons (Fsp3) is 0.538. The minimum absolute atomic E-state index is 0.258. The van der Waals surface area contributed by atoms with E-state index in [2.05, 4.69) is 0 Å². The molecule has 2 N–H and O–H groups in total. The molecule has 1 unspecified atom stereocenters. The predicted octanol–water partition coefficient (Wildman–Crippen LogP) is 3.10. The van der Waals surface area contributed by atoms with Crippen LogP contribution in [0.25, 0.3) is 0 Å². The van der Waals surface area contributed by atoms with E-state index in [4.69, 9.17) is 5.73 Å². The SMILES string of the molecule is CCN(CCC(N)c1ccc(F)cc1)CC(F)(F)F. The van der Waals surface area contributed by atoms with Crippen LogP contribution in [0.4, 0.5) is 17.6 Å². The van der Waals surface area contributed by atoms with Crippen molar-refractivity contribution in [2.24, 2.45) is 5.73 Å². The molecule has 0 heterocycles. The quantitative estimate of drug-likeness (QED) is 0.810. The molecule has 0 aromatic heterocycles. The second-order valence-electron chi connectivity index (χ2n) is 4.43. The van der Waals surface area contributed by atoms with Crippen LogP contribution in [0.3, 0.4) is 0 Å². The molecule has 108 valence electrons. The molecule has 0 aliphatic carbocycles. The van der Waals surface area contributed by atoms with Crippen molar-refractivity contribution in [3.05, 3.63) is 35.6 Å². The summed E-state index contributed by atoms with van der Waals surface area (Å²) in [6.07, 6.45) is -3.80. The second kappa shape index (κ2) is 6.86. The van der Waals surface area contributed by atoms with Gasteiger partial charge in [-0.3, -0.25) is 4.90 Å². The number of nitrogens with two attached hydrogens (primary N) is 1. The normalized spacial score (nSPS) is 13.8. The Morgan fingerprint density at radius 1 is 1.21 bits per heavy atom. The zero-order valence-electron chi connectivity index (χ0n) is 10.8. The van der Waals surface area contributed by atoms with Crippen molar-refractivity contribution in [1.29, 1.82) is 0 Å². The van der Waals surface area contributed by atoms with Crippen LogP contribution in [-0.4, -0.2) is 30.7 Å². The third-order valence-corrected chi connectivity index (χ3v) is 2.90. The number of hydrogen-bond acceptors (Lipinski definition) is 2. The third kappa shape index (κ3) is 6.02. The number of alkyl halides is 3. The zero-order valence-corrected chi connectivity index (χ0v) is 10.8. The first-order chi connectivity index (χ1) is 8.81. The van der Waals surface area contributed by atoms with Crippen LogP contribution in [0.15, 0.2) is 24.3 Å². The minimum atomic E-state index is -4.20. The minimum Gasteiger partial charge on any atom is -0.324 e. The van der Waals surface area contributed by atoms with Gasteiger partial charge in [0, 0.05) is 12.6 Å². The molecule has 0 aliphatic heterocycles. The van der Waals surface area contributed by atoms with E-state index in [1.165, 1.54) is 17.0 Å². The van der Waals surface area contributed by atoms with E-state index in [9.17, 15) is 17.6 Å². The average Bonchev–Trinajstić information content (AvgIpc) is 2.33. The summed E-state index contributed by atoms with van der Waals surface area (Å²) in [5.41, 5.74) is 6.61. The Balaban J connectivity index is 2.48. The lowest BCUT2D eigenvalue weighted by atomic mass is 10.0. The first-order valence-corrected chi connectivity index (χ1v) is 6.12. The summed E-state index contributed by atoms with van der Waals surface area (Å²) in [6.45, 7) is 1.32. The summed E-state index contributed by atoms with van der Waals surface area (Å²) in [7, 11) is 0. The van der Waals surface area contributed by atoms with Gasteiger partial charge in [-0.2, -0.15) is 13.2 Å². The molecule has 1 atom stereocenters. The summed E-state index contributed by atoms with van der Waals surface area (Å²) in [4.78, 5) is 1.30. The molecular formula is C13H18F4N2. The van der Waals surface area contributed by atoms with Gasteiger partial charge in [0.25, 0.3) is 0 Å². The smallest absolute Gasteiger partial charge is 0.324 e. The van der Waals surface area contributed by atoms with Gasteiger partial charge in [0.05, 0.1) is 6.54 Å². The lowest BCUT2D eigenvalue weighted by molar-refractivity contribution is -0.145. The highest BCUT2D eigenvalue weighted by Crippen LogP contribution is 2.19. The average molecular weight is 278 g/mol. The maximum atomic E-state index is 12.7. The van der Waals surface area contributed by atoms with E-state index in [1.54, 1.807) is 19.1 Å². The molecule has 0 bridgehead atoms. The number of rotatable bonds is 6. The van der Waals surface area contributed by atoms with E-state index < -0.39 is 12.7 Å². The first-order valence-electron chi connectivity index (χ1n) is 6.12. The summed E-state index contributed by atoms with van der Waals surface area (Å²) in [6, 6.07) is 5.31. The van der Waals surface area contributed by atoms with Crippen molar-refractivity contribution in [1.82, 2.24) is 4.90 Å². The third-order valence-electron chi connectivity index (χ3n) is 2.90. The number of hydrogen-bond donors (Lipinski definition) is 1. The van der Waals surface area contributed by atoms with Crippen LogP contribution < -0.4 is 5.73 Å². The van der Waals surface area contributed by atoms with E-state index in [-0.39, 0.29) is 18.4 Å². The van der Waals surface area contributed by atoms with Crippen molar-refractivity contribution in [3.8, 4) is 0 Å². The summed E-state index contributed by atoms with van der Waals surface area (Å²) >= 11 is 0. The highest BCUT2D eigenvalue weighted by molar-refractivity contribution is 5.19. The predicted molar refractivity (Wildman–Crippen MR) is 66.1 cm³/mol. The Kier molecular flexibility index (Phi) is 5.75. The van der Waals surface area contributed by atoms with E-state index in [0.29, 0.717) is 13.0 Å². The van der Waals surface area contributed by atoms with E-state index in [0.717, 1.165) is 5.56 Å². The summed E-state index contributed by atoms with van der Waals surface area (Å²) < 4.78 is 49.5. The van der Waals surface area contributed by atoms with Gasteiger partial charge in [0.2, 0.25) is 0 Å². The molecule has 0 saturated carbocycles. The Labute approximate surface area is 110 Å². The van der Waals surface area contributed by atoms with E-state index in [1.807, 2.05) is 0 Å². The van der Waals surface area contributed by atoms with Crippen LogP contribution in [0.1, 0.15) is 24.9 Å². The van der Waals surface area contributed by atoms with Crippen LogP contribution in [-0.2, 0) is 0 Å². The van der Waals surface area contributed by atoms with Crippen molar-refractivity contribution in [2.45, 2.75) is 25.6 Å². The molecule has 0 radical (unpaired) electrons. The Hall–Kier alpha value is -1.14. The van der Waals surface area contributed by atoms with Crippen molar-refractivity contribution in [3.63, 3.8) is 0 Å². The molecule has 1 rings (SSSR count). The van der Waals surface area contributed by atoms with Gasteiger partial charge in [0.15, 0.2) is 0 Å². The highest BCUT2D eigenvalue weighted by Gasteiger charge is 2.30. The molecule has 1 aromatic rings. The van der Waals surface area contributed by atoms with Crippen molar-refractivity contribution in [2.75, 3.05) is 19.6 Å². The fourth-order valence-corrected chi connectivity index (χ4v) is 1.80. The molecule has 1 aromatic carbocycles. The molecule has 0 fully saturated rings. The molecule has 0 spiro atoms. The van der Waals surface area contributed by atoms with Crippen LogP contribution in [0.2, 0.25) is 0 Å². The lowest BCUT2D eigenvalue weighted by Gasteiger charge is -2.23. The number of nitrogens with zero attached hydrogens (tertiary/aromatic N) is 1. The van der Waals surface area contributed by atoms with Gasteiger partial charge in [-0.15, -0.1) is 0 Å². The number of halogens is 4. The monoisotopic (exact) mass is 278 g/mol. The largest absolute Gasteiger partial charge is 0.401 e. The van der Waals surface area contributed by atoms with Gasteiger partial charge in [0.1, 0.15) is 5.82 Å². The van der Waals surface area contributed by atoms with Crippen molar-refractivity contribution >= 4 is 0 Å². The Morgan fingerprint density at radius 3 is 2.26 bits per heavy atom. The van der Waals surface area contributed by atoms with Crippen molar-refractivity contribution < 1.29 is 17.6 Å². The van der Waals surface area contributed by atoms with Crippen LogP contribution in [0.5, 0.6) is 0 Å². The van der Waals surface area contributed by atoms with Gasteiger partial charge in [-0.25, -0.2) is 4.39 Å². The first kappa shape index (κ1) is 15.9. The maximum Gasteiger partial charge on any atom is 0.401 e. The van der Waals surface area contributed by atoms with Gasteiger partial charge < -0.3 is 5.73 Å². The maximum absolute atomic E-state index is 12.7. The van der Waals surface area contributed by atoms with Crippen LogP contribution >= 0.6 is 0 Å². The molecular weight excluding hydrogens is 260 g/mol. The molecule has 0 aliphatic rings. The van der Waals surface area contributed by atoms with Gasteiger partial charge in [-0.1, -0.05) is 19.1 Å². The summed E-state index contributed by atoms with van der Waals surface area (Å²) in [5.74, 6) is -0.358. The topological polar surface area (TPSA) is 29.3 Å². The second-order valence-corrected chi connectivity index (χ2v) is 4.43. The van der Waals surface area contributed by atoms with E-state index >= 15 is 0 Å². The highest BCUT2D eigenvalue weighted by atomic mass is 19.4. The standard InChI is InChI=1S/C13H18F4N2/c1-2-19(9-13(15,16)17)8-7-12(18)10-3-5-11(14)6-4-10/h3-6,12H,2,7-9,18H2,1H3. The zero-order chi connectivity index (χ0) is 14.5. The fourth-order valence-electron chi connectivity index (χ4n) is 1.80. The molecule has 6 heteroatoms. The molecule has 0 saturated heterocycles. The van der Waals surface area contributed by atoms with Gasteiger partial charge in [-0.05, 0) is 30.7 Å². The summed E-state index contributed by atoms with van der Waals surface area (Å²) in [5, 5.41) is 0.